The monoisotopic (exact) mass is 263 g/mol. The summed E-state index contributed by atoms with van der Waals surface area (Å²) in [5.41, 5.74) is 1.79. The first-order chi connectivity index (χ1) is 9.25. The van der Waals surface area contributed by atoms with Gasteiger partial charge in [-0.2, -0.15) is 0 Å². The van der Waals surface area contributed by atoms with E-state index in [0.29, 0.717) is 25.4 Å². The first kappa shape index (κ1) is 12.5. The highest BCUT2D eigenvalue weighted by molar-refractivity contribution is 5.87. The van der Waals surface area contributed by atoms with Crippen molar-refractivity contribution in [3.05, 3.63) is 22.8 Å². The van der Waals surface area contributed by atoms with Crippen molar-refractivity contribution in [2.75, 3.05) is 19.8 Å². The molecule has 1 fully saturated rings. The van der Waals surface area contributed by atoms with Gasteiger partial charge in [0.15, 0.2) is 5.69 Å². The SMILES string of the molecule is O=C(O)c1nc(C2CCCOC2)nc2c1CCNC2. The molecular formula is C13H17N3O3. The minimum Gasteiger partial charge on any atom is -0.477 e. The highest BCUT2D eigenvalue weighted by atomic mass is 16.5. The van der Waals surface area contributed by atoms with E-state index in [1.54, 1.807) is 0 Å². The fourth-order valence-electron chi connectivity index (χ4n) is 2.68. The van der Waals surface area contributed by atoms with E-state index in [-0.39, 0.29) is 11.6 Å². The number of nitrogens with zero attached hydrogens (tertiary/aromatic N) is 2. The largest absolute Gasteiger partial charge is 0.477 e. The van der Waals surface area contributed by atoms with Gasteiger partial charge in [0, 0.05) is 24.6 Å². The van der Waals surface area contributed by atoms with Gasteiger partial charge in [-0.05, 0) is 25.8 Å². The second-order valence-electron chi connectivity index (χ2n) is 5.00. The number of hydrogen-bond donors (Lipinski definition) is 2. The molecule has 0 spiro atoms. The third kappa shape index (κ3) is 2.46. The lowest BCUT2D eigenvalue weighted by Crippen LogP contribution is -2.29. The number of aromatic nitrogens is 2. The number of carboxylic acid groups (broad SMARTS) is 1. The van der Waals surface area contributed by atoms with E-state index in [9.17, 15) is 9.90 Å². The van der Waals surface area contributed by atoms with Gasteiger partial charge in [-0.3, -0.25) is 0 Å². The maximum absolute atomic E-state index is 11.4. The Hall–Kier alpha value is -1.53. The molecule has 1 atom stereocenters. The highest BCUT2D eigenvalue weighted by Crippen LogP contribution is 2.25. The molecule has 0 bridgehead atoms. The number of rotatable bonds is 2. The first-order valence-corrected chi connectivity index (χ1v) is 6.67. The van der Waals surface area contributed by atoms with Gasteiger partial charge in [-0.1, -0.05) is 0 Å². The van der Waals surface area contributed by atoms with Gasteiger partial charge >= 0.3 is 5.97 Å². The van der Waals surface area contributed by atoms with Crippen molar-refractivity contribution in [1.29, 1.82) is 0 Å². The third-order valence-corrected chi connectivity index (χ3v) is 3.68. The highest BCUT2D eigenvalue weighted by Gasteiger charge is 2.25. The van der Waals surface area contributed by atoms with E-state index in [1.807, 2.05) is 0 Å². The molecule has 1 unspecified atom stereocenters. The van der Waals surface area contributed by atoms with Gasteiger partial charge in [-0.25, -0.2) is 14.8 Å². The van der Waals surface area contributed by atoms with Crippen LogP contribution < -0.4 is 5.32 Å². The van der Waals surface area contributed by atoms with Crippen molar-refractivity contribution in [2.45, 2.75) is 31.7 Å². The molecule has 3 heterocycles. The predicted molar refractivity (Wildman–Crippen MR) is 67.2 cm³/mol. The Morgan fingerprint density at radius 3 is 3.05 bits per heavy atom. The van der Waals surface area contributed by atoms with Gasteiger partial charge in [0.25, 0.3) is 0 Å². The molecule has 102 valence electrons. The molecule has 2 aliphatic rings. The lowest BCUT2D eigenvalue weighted by molar-refractivity contribution is 0.0680. The van der Waals surface area contributed by atoms with Crippen molar-refractivity contribution in [3.8, 4) is 0 Å². The van der Waals surface area contributed by atoms with Crippen LogP contribution in [0.2, 0.25) is 0 Å². The summed E-state index contributed by atoms with van der Waals surface area (Å²) in [5.74, 6) is -0.211. The second kappa shape index (κ2) is 5.22. The van der Waals surface area contributed by atoms with Crippen LogP contribution in [-0.4, -0.2) is 40.8 Å². The van der Waals surface area contributed by atoms with E-state index in [1.165, 1.54) is 0 Å². The van der Waals surface area contributed by atoms with Crippen molar-refractivity contribution in [3.63, 3.8) is 0 Å². The number of carboxylic acids is 1. The maximum atomic E-state index is 11.4. The van der Waals surface area contributed by atoms with E-state index in [2.05, 4.69) is 15.3 Å². The molecule has 1 aromatic heterocycles. The van der Waals surface area contributed by atoms with Crippen LogP contribution >= 0.6 is 0 Å². The Bertz CT molecular complexity index is 498. The average molecular weight is 263 g/mol. The lowest BCUT2D eigenvalue weighted by atomic mass is 9.99. The first-order valence-electron chi connectivity index (χ1n) is 6.67. The summed E-state index contributed by atoms with van der Waals surface area (Å²) in [7, 11) is 0. The molecule has 0 aliphatic carbocycles. The Kier molecular flexibility index (Phi) is 3.44. The number of aromatic carboxylic acids is 1. The summed E-state index contributed by atoms with van der Waals surface area (Å²) in [6.45, 7) is 2.77. The summed E-state index contributed by atoms with van der Waals surface area (Å²) in [6, 6.07) is 0. The zero-order valence-electron chi connectivity index (χ0n) is 10.7. The summed E-state index contributed by atoms with van der Waals surface area (Å²) < 4.78 is 5.44. The van der Waals surface area contributed by atoms with Crippen LogP contribution in [0.3, 0.4) is 0 Å². The van der Waals surface area contributed by atoms with Crippen LogP contribution in [-0.2, 0) is 17.7 Å². The molecule has 2 N–H and O–H groups in total. The number of nitrogens with one attached hydrogen (secondary N) is 1. The molecule has 0 radical (unpaired) electrons. The normalized spacial score (nSPS) is 22.8. The van der Waals surface area contributed by atoms with Crippen LogP contribution in [0.4, 0.5) is 0 Å². The van der Waals surface area contributed by atoms with Gasteiger partial charge in [0.1, 0.15) is 5.82 Å². The Morgan fingerprint density at radius 2 is 2.32 bits per heavy atom. The molecule has 6 heteroatoms. The molecule has 1 aromatic rings. The summed E-state index contributed by atoms with van der Waals surface area (Å²) in [6.07, 6.45) is 2.62. The minimum absolute atomic E-state index is 0.124. The van der Waals surface area contributed by atoms with Crippen molar-refractivity contribution in [1.82, 2.24) is 15.3 Å². The van der Waals surface area contributed by atoms with Gasteiger partial charge in [0.05, 0.1) is 12.3 Å². The number of hydrogen-bond acceptors (Lipinski definition) is 5. The van der Waals surface area contributed by atoms with E-state index in [4.69, 9.17) is 4.74 Å². The third-order valence-electron chi connectivity index (χ3n) is 3.68. The maximum Gasteiger partial charge on any atom is 0.354 e. The van der Waals surface area contributed by atoms with Crippen LogP contribution in [0.1, 0.15) is 46.3 Å². The number of fused-ring (bicyclic) bond motifs is 1. The molecule has 0 amide bonds. The van der Waals surface area contributed by atoms with Crippen molar-refractivity contribution < 1.29 is 14.6 Å². The van der Waals surface area contributed by atoms with Crippen molar-refractivity contribution in [2.24, 2.45) is 0 Å². The quantitative estimate of drug-likeness (QED) is 0.817. The molecule has 6 nitrogen and oxygen atoms in total. The summed E-state index contributed by atoms with van der Waals surface area (Å²) in [4.78, 5) is 20.2. The Labute approximate surface area is 111 Å². The van der Waals surface area contributed by atoms with E-state index in [0.717, 1.165) is 37.3 Å². The van der Waals surface area contributed by atoms with Crippen LogP contribution in [0.15, 0.2) is 0 Å². The molecule has 0 aromatic carbocycles. The van der Waals surface area contributed by atoms with Crippen LogP contribution in [0.25, 0.3) is 0 Å². The zero-order valence-corrected chi connectivity index (χ0v) is 10.7. The molecule has 3 rings (SSSR count). The standard InChI is InChI=1S/C13H17N3O3/c17-13(18)11-9-3-4-14-6-10(9)15-12(16-11)8-2-1-5-19-7-8/h8,14H,1-7H2,(H,17,18). The smallest absolute Gasteiger partial charge is 0.354 e. The van der Waals surface area contributed by atoms with Gasteiger partial charge in [-0.15, -0.1) is 0 Å². The number of ether oxygens (including phenoxy) is 1. The molecule has 2 aliphatic heterocycles. The minimum atomic E-state index is -0.960. The van der Waals surface area contributed by atoms with Crippen LogP contribution in [0.5, 0.6) is 0 Å². The van der Waals surface area contributed by atoms with E-state index >= 15 is 0 Å². The lowest BCUT2D eigenvalue weighted by Gasteiger charge is -2.24. The van der Waals surface area contributed by atoms with Gasteiger partial charge in [0.2, 0.25) is 0 Å². The van der Waals surface area contributed by atoms with Crippen molar-refractivity contribution >= 4 is 5.97 Å². The molecular weight excluding hydrogens is 246 g/mol. The average Bonchev–Trinajstić information content (AvgIpc) is 2.47. The molecule has 0 saturated carbocycles. The van der Waals surface area contributed by atoms with Crippen LogP contribution in [0, 0.1) is 0 Å². The number of carbonyl (C=O) groups is 1. The predicted octanol–water partition coefficient (Wildman–Crippen LogP) is 0.714. The zero-order chi connectivity index (χ0) is 13.2. The molecule has 1 saturated heterocycles. The molecule has 19 heavy (non-hydrogen) atoms. The summed E-state index contributed by atoms with van der Waals surface area (Å²) >= 11 is 0. The fraction of sp³-hybridized carbons (Fsp3) is 0.615. The Morgan fingerprint density at radius 1 is 1.42 bits per heavy atom. The second-order valence-corrected chi connectivity index (χ2v) is 5.00. The Balaban J connectivity index is 2.00. The fourth-order valence-corrected chi connectivity index (χ4v) is 2.68. The van der Waals surface area contributed by atoms with Gasteiger partial charge < -0.3 is 15.2 Å². The summed E-state index contributed by atoms with van der Waals surface area (Å²) in [5, 5.41) is 12.5. The topological polar surface area (TPSA) is 84.3 Å². The van der Waals surface area contributed by atoms with E-state index < -0.39 is 5.97 Å².